The molecular formula is C11H14FN. The molecule has 0 unspecified atom stereocenters. The Bertz CT molecular complexity index is 305. The molecule has 13 heavy (non-hydrogen) atoms. The van der Waals surface area contributed by atoms with Crippen LogP contribution in [0.1, 0.15) is 24.8 Å². The number of anilines is 1. The lowest BCUT2D eigenvalue weighted by molar-refractivity contribution is 0.445. The molecule has 0 spiro atoms. The second-order valence-electron chi connectivity index (χ2n) is 3.68. The van der Waals surface area contributed by atoms with Crippen molar-refractivity contribution in [3.8, 4) is 0 Å². The van der Waals surface area contributed by atoms with Crippen molar-refractivity contribution in [1.82, 2.24) is 0 Å². The molecule has 0 heterocycles. The molecule has 1 aromatic carbocycles. The van der Waals surface area contributed by atoms with E-state index in [1.807, 2.05) is 13.0 Å². The van der Waals surface area contributed by atoms with Crippen molar-refractivity contribution >= 4 is 5.69 Å². The summed E-state index contributed by atoms with van der Waals surface area (Å²) in [4.78, 5) is 0. The molecule has 1 nitrogen and oxygen atoms in total. The van der Waals surface area contributed by atoms with Crippen LogP contribution in [0.2, 0.25) is 0 Å². The van der Waals surface area contributed by atoms with Crippen LogP contribution in [0.4, 0.5) is 10.1 Å². The topological polar surface area (TPSA) is 12.0 Å². The van der Waals surface area contributed by atoms with Crippen LogP contribution in [0, 0.1) is 12.7 Å². The van der Waals surface area contributed by atoms with Gasteiger partial charge in [0.05, 0.1) is 0 Å². The van der Waals surface area contributed by atoms with Crippen LogP contribution in [0.25, 0.3) is 0 Å². The van der Waals surface area contributed by atoms with E-state index in [0.29, 0.717) is 6.04 Å². The van der Waals surface area contributed by atoms with E-state index in [4.69, 9.17) is 0 Å². The molecular weight excluding hydrogens is 165 g/mol. The van der Waals surface area contributed by atoms with E-state index in [0.717, 1.165) is 11.3 Å². The predicted octanol–water partition coefficient (Wildman–Crippen LogP) is 3.10. The first-order chi connectivity index (χ1) is 6.27. The van der Waals surface area contributed by atoms with Gasteiger partial charge in [0.15, 0.2) is 0 Å². The van der Waals surface area contributed by atoms with Gasteiger partial charge in [-0.3, -0.25) is 0 Å². The van der Waals surface area contributed by atoms with Crippen LogP contribution >= 0.6 is 0 Å². The summed E-state index contributed by atoms with van der Waals surface area (Å²) < 4.78 is 13.1. The lowest BCUT2D eigenvalue weighted by atomic mass is 9.92. The number of benzene rings is 1. The highest BCUT2D eigenvalue weighted by Gasteiger charge is 2.17. The summed E-state index contributed by atoms with van der Waals surface area (Å²) >= 11 is 0. The predicted molar refractivity (Wildman–Crippen MR) is 52.4 cm³/mol. The van der Waals surface area contributed by atoms with Gasteiger partial charge in [0.2, 0.25) is 0 Å². The zero-order valence-corrected chi connectivity index (χ0v) is 7.81. The maximum atomic E-state index is 13.1. The van der Waals surface area contributed by atoms with Gasteiger partial charge in [-0.15, -0.1) is 0 Å². The van der Waals surface area contributed by atoms with Crippen molar-refractivity contribution in [3.05, 3.63) is 29.6 Å². The Morgan fingerprint density at radius 2 is 2.15 bits per heavy atom. The number of nitrogens with one attached hydrogen (secondary N) is 1. The second-order valence-corrected chi connectivity index (χ2v) is 3.68. The van der Waals surface area contributed by atoms with Crippen molar-refractivity contribution in [1.29, 1.82) is 0 Å². The molecule has 2 rings (SSSR count). The van der Waals surface area contributed by atoms with E-state index in [1.54, 1.807) is 6.07 Å². The number of halogens is 1. The van der Waals surface area contributed by atoms with E-state index < -0.39 is 0 Å². The van der Waals surface area contributed by atoms with Gasteiger partial charge in [-0.2, -0.15) is 0 Å². The first-order valence-corrected chi connectivity index (χ1v) is 4.79. The summed E-state index contributed by atoms with van der Waals surface area (Å²) in [5.74, 6) is -0.121. The SMILES string of the molecule is Cc1c(F)cccc1NC1CCC1. The first kappa shape index (κ1) is 8.54. The molecule has 0 aliphatic heterocycles. The van der Waals surface area contributed by atoms with Crippen molar-refractivity contribution in [2.24, 2.45) is 0 Å². The molecule has 70 valence electrons. The quantitative estimate of drug-likeness (QED) is 0.735. The Labute approximate surface area is 78.0 Å². The molecule has 1 saturated carbocycles. The summed E-state index contributed by atoms with van der Waals surface area (Å²) in [6.45, 7) is 1.82. The minimum atomic E-state index is -0.121. The van der Waals surface area contributed by atoms with Crippen molar-refractivity contribution in [2.45, 2.75) is 32.2 Å². The van der Waals surface area contributed by atoms with E-state index in [1.165, 1.54) is 25.3 Å². The molecule has 1 N–H and O–H groups in total. The molecule has 1 aliphatic rings. The van der Waals surface area contributed by atoms with Gasteiger partial charge in [-0.1, -0.05) is 6.07 Å². The van der Waals surface area contributed by atoms with E-state index in [9.17, 15) is 4.39 Å². The summed E-state index contributed by atoms with van der Waals surface area (Å²) in [5.41, 5.74) is 1.68. The minimum Gasteiger partial charge on any atom is -0.382 e. The van der Waals surface area contributed by atoms with Crippen LogP contribution in [-0.4, -0.2) is 6.04 Å². The Balaban J connectivity index is 2.14. The van der Waals surface area contributed by atoms with Gasteiger partial charge >= 0.3 is 0 Å². The average Bonchev–Trinajstić information content (AvgIpc) is 2.04. The van der Waals surface area contributed by atoms with Gasteiger partial charge in [-0.25, -0.2) is 4.39 Å². The zero-order valence-electron chi connectivity index (χ0n) is 7.81. The van der Waals surface area contributed by atoms with Gasteiger partial charge in [0, 0.05) is 17.3 Å². The van der Waals surface area contributed by atoms with Crippen LogP contribution in [-0.2, 0) is 0 Å². The summed E-state index contributed by atoms with van der Waals surface area (Å²) in [5, 5.41) is 3.35. The van der Waals surface area contributed by atoms with Crippen molar-refractivity contribution in [2.75, 3.05) is 5.32 Å². The fourth-order valence-electron chi connectivity index (χ4n) is 1.54. The van der Waals surface area contributed by atoms with Crippen molar-refractivity contribution < 1.29 is 4.39 Å². The molecule has 2 heteroatoms. The highest BCUT2D eigenvalue weighted by atomic mass is 19.1. The summed E-state index contributed by atoms with van der Waals surface area (Å²) in [7, 11) is 0. The lowest BCUT2D eigenvalue weighted by Crippen LogP contribution is -2.27. The minimum absolute atomic E-state index is 0.121. The first-order valence-electron chi connectivity index (χ1n) is 4.79. The fraction of sp³-hybridized carbons (Fsp3) is 0.455. The average molecular weight is 179 g/mol. The molecule has 0 atom stereocenters. The van der Waals surface area contributed by atoms with Crippen molar-refractivity contribution in [3.63, 3.8) is 0 Å². The third-order valence-corrected chi connectivity index (χ3v) is 2.73. The zero-order chi connectivity index (χ0) is 9.26. The Morgan fingerprint density at radius 3 is 2.77 bits per heavy atom. The Hall–Kier alpha value is -1.05. The third-order valence-electron chi connectivity index (χ3n) is 2.73. The number of hydrogen-bond acceptors (Lipinski definition) is 1. The van der Waals surface area contributed by atoms with E-state index in [2.05, 4.69) is 5.32 Å². The van der Waals surface area contributed by atoms with Crippen LogP contribution < -0.4 is 5.32 Å². The molecule has 1 fully saturated rings. The van der Waals surface area contributed by atoms with Crippen LogP contribution in [0.3, 0.4) is 0 Å². The van der Waals surface area contributed by atoms with Gasteiger partial charge in [-0.05, 0) is 38.3 Å². The Kier molecular flexibility index (Phi) is 2.21. The van der Waals surface area contributed by atoms with Gasteiger partial charge in [0.1, 0.15) is 5.82 Å². The second kappa shape index (κ2) is 3.36. The highest BCUT2D eigenvalue weighted by Crippen LogP contribution is 2.25. The van der Waals surface area contributed by atoms with Crippen LogP contribution in [0.15, 0.2) is 18.2 Å². The molecule has 0 aromatic heterocycles. The highest BCUT2D eigenvalue weighted by molar-refractivity contribution is 5.51. The molecule has 1 aromatic rings. The summed E-state index contributed by atoms with van der Waals surface area (Å²) in [6, 6.07) is 5.77. The van der Waals surface area contributed by atoms with E-state index >= 15 is 0 Å². The smallest absolute Gasteiger partial charge is 0.128 e. The lowest BCUT2D eigenvalue weighted by Gasteiger charge is -2.28. The molecule has 0 radical (unpaired) electrons. The number of hydrogen-bond donors (Lipinski definition) is 1. The third kappa shape index (κ3) is 1.67. The number of rotatable bonds is 2. The molecule has 0 amide bonds. The standard InChI is InChI=1S/C11H14FN/c1-8-10(12)6-3-7-11(8)13-9-4-2-5-9/h3,6-7,9,13H,2,4-5H2,1H3. The van der Waals surface area contributed by atoms with Gasteiger partial charge in [0.25, 0.3) is 0 Å². The van der Waals surface area contributed by atoms with Gasteiger partial charge < -0.3 is 5.32 Å². The largest absolute Gasteiger partial charge is 0.382 e. The monoisotopic (exact) mass is 179 g/mol. The van der Waals surface area contributed by atoms with Crippen LogP contribution in [0.5, 0.6) is 0 Å². The fourth-order valence-corrected chi connectivity index (χ4v) is 1.54. The van der Waals surface area contributed by atoms with E-state index in [-0.39, 0.29) is 5.82 Å². The Morgan fingerprint density at radius 1 is 1.38 bits per heavy atom. The molecule has 0 saturated heterocycles. The maximum absolute atomic E-state index is 13.1. The maximum Gasteiger partial charge on any atom is 0.128 e. The molecule has 1 aliphatic carbocycles. The normalized spacial score (nSPS) is 16.8. The summed E-state index contributed by atoms with van der Waals surface area (Å²) in [6.07, 6.45) is 3.73. The molecule has 0 bridgehead atoms.